The van der Waals surface area contributed by atoms with Crippen molar-refractivity contribution in [3.8, 4) is 0 Å². The van der Waals surface area contributed by atoms with Crippen molar-refractivity contribution in [1.82, 2.24) is 15.5 Å². The number of guanidine groups is 1. The molecular weight excluding hydrogens is 300 g/mol. The van der Waals surface area contributed by atoms with Gasteiger partial charge in [-0.25, -0.2) is 0 Å². The van der Waals surface area contributed by atoms with Crippen LogP contribution in [0.5, 0.6) is 0 Å². The monoisotopic (exact) mass is 328 g/mol. The van der Waals surface area contributed by atoms with E-state index in [0.29, 0.717) is 6.54 Å². The lowest BCUT2D eigenvalue weighted by atomic mass is 10.1. The van der Waals surface area contributed by atoms with E-state index >= 15 is 0 Å². The van der Waals surface area contributed by atoms with Crippen LogP contribution in [-0.4, -0.2) is 44.6 Å². The summed E-state index contributed by atoms with van der Waals surface area (Å²) in [5.41, 5.74) is 1.32. The zero-order valence-electron chi connectivity index (χ0n) is 14.8. The molecule has 0 amide bonds. The number of likely N-dealkylation sites (N-methyl/N-ethyl adjacent to an activating group) is 1. The zero-order chi connectivity index (χ0) is 17.2. The van der Waals surface area contributed by atoms with Crippen LogP contribution in [0.1, 0.15) is 24.3 Å². The smallest absolute Gasteiger partial charge is 0.191 e. The van der Waals surface area contributed by atoms with E-state index in [-0.39, 0.29) is 6.04 Å². The molecule has 5 heteroatoms. The molecular formula is C19H28N4O. The fraction of sp³-hybridized carbons (Fsp3) is 0.421. The summed E-state index contributed by atoms with van der Waals surface area (Å²) in [5.74, 6) is 1.77. The Hall–Kier alpha value is -2.27. The summed E-state index contributed by atoms with van der Waals surface area (Å²) in [6.45, 7) is 4.40. The van der Waals surface area contributed by atoms with E-state index < -0.39 is 0 Å². The molecule has 1 unspecified atom stereocenters. The molecule has 24 heavy (non-hydrogen) atoms. The fourth-order valence-corrected chi connectivity index (χ4v) is 2.48. The third-order valence-electron chi connectivity index (χ3n) is 3.81. The molecule has 2 aromatic rings. The summed E-state index contributed by atoms with van der Waals surface area (Å²) < 4.78 is 5.54. The maximum Gasteiger partial charge on any atom is 0.191 e. The quantitative estimate of drug-likeness (QED) is 0.578. The average Bonchev–Trinajstić information content (AvgIpc) is 3.10. The predicted octanol–water partition coefficient (Wildman–Crippen LogP) is 2.68. The molecule has 0 aliphatic carbocycles. The van der Waals surface area contributed by atoms with Gasteiger partial charge in [-0.2, -0.15) is 0 Å². The van der Waals surface area contributed by atoms with Crippen molar-refractivity contribution >= 4 is 5.96 Å². The number of nitrogens with one attached hydrogen (secondary N) is 2. The summed E-state index contributed by atoms with van der Waals surface area (Å²) >= 11 is 0. The van der Waals surface area contributed by atoms with Gasteiger partial charge in [0.15, 0.2) is 5.96 Å². The summed E-state index contributed by atoms with van der Waals surface area (Å²) in [6.07, 6.45) is 2.68. The number of aliphatic imine (C=N–C) groups is 1. The van der Waals surface area contributed by atoms with Gasteiger partial charge in [0, 0.05) is 13.1 Å². The first-order valence-electron chi connectivity index (χ1n) is 8.46. The van der Waals surface area contributed by atoms with E-state index in [1.165, 1.54) is 5.56 Å². The molecule has 1 heterocycles. The molecule has 5 nitrogen and oxygen atoms in total. The second-order valence-electron chi connectivity index (χ2n) is 5.88. The summed E-state index contributed by atoms with van der Waals surface area (Å²) in [5, 5.41) is 6.70. The lowest BCUT2D eigenvalue weighted by Gasteiger charge is -2.21. The first-order valence-corrected chi connectivity index (χ1v) is 8.46. The Balaban J connectivity index is 1.91. The average molecular weight is 328 g/mol. The van der Waals surface area contributed by atoms with Gasteiger partial charge in [0.25, 0.3) is 0 Å². The highest BCUT2D eigenvalue weighted by Crippen LogP contribution is 2.18. The third-order valence-corrected chi connectivity index (χ3v) is 3.81. The highest BCUT2D eigenvalue weighted by atomic mass is 16.3. The predicted molar refractivity (Wildman–Crippen MR) is 99.3 cm³/mol. The summed E-state index contributed by atoms with van der Waals surface area (Å²) in [4.78, 5) is 6.84. The van der Waals surface area contributed by atoms with Crippen LogP contribution in [0.25, 0.3) is 0 Å². The van der Waals surface area contributed by atoms with Crippen LogP contribution in [0.3, 0.4) is 0 Å². The van der Waals surface area contributed by atoms with E-state index in [2.05, 4.69) is 46.7 Å². The van der Waals surface area contributed by atoms with Gasteiger partial charge in [-0.05, 0) is 45.1 Å². The van der Waals surface area contributed by atoms with Crippen LogP contribution in [0.15, 0.2) is 58.1 Å². The molecule has 0 saturated carbocycles. The normalized spacial score (nSPS) is 13.1. The van der Waals surface area contributed by atoms with Gasteiger partial charge in [-0.15, -0.1) is 0 Å². The Labute approximate surface area is 144 Å². The van der Waals surface area contributed by atoms with Crippen molar-refractivity contribution in [2.24, 2.45) is 4.99 Å². The highest BCUT2D eigenvalue weighted by Gasteiger charge is 2.16. The summed E-state index contributed by atoms with van der Waals surface area (Å²) in [7, 11) is 4.08. The minimum atomic E-state index is 0.129. The van der Waals surface area contributed by atoms with Crippen molar-refractivity contribution in [1.29, 1.82) is 0 Å². The van der Waals surface area contributed by atoms with E-state index in [9.17, 15) is 0 Å². The molecule has 0 saturated heterocycles. The standard InChI is InChI=1S/C19H28N4O/c1-4-20-19(21-13-12-16-9-6-5-7-10-16)22-15-17(23(2)3)18-11-8-14-24-18/h5-11,14,17H,4,12-13,15H2,1-3H3,(H2,20,21,22). The van der Waals surface area contributed by atoms with Crippen molar-refractivity contribution in [2.45, 2.75) is 19.4 Å². The van der Waals surface area contributed by atoms with Crippen LogP contribution < -0.4 is 10.6 Å². The lowest BCUT2D eigenvalue weighted by Crippen LogP contribution is -2.39. The SMILES string of the molecule is CCNC(=NCC(c1ccco1)N(C)C)NCCc1ccccc1. The van der Waals surface area contributed by atoms with Crippen LogP contribution in [0.4, 0.5) is 0 Å². The van der Waals surface area contributed by atoms with Crippen molar-refractivity contribution in [3.05, 3.63) is 60.1 Å². The molecule has 0 radical (unpaired) electrons. The molecule has 0 aliphatic heterocycles. The van der Waals surface area contributed by atoms with E-state index in [0.717, 1.165) is 31.2 Å². The summed E-state index contributed by atoms with van der Waals surface area (Å²) in [6, 6.07) is 14.5. The topological polar surface area (TPSA) is 52.8 Å². The van der Waals surface area contributed by atoms with Crippen molar-refractivity contribution < 1.29 is 4.42 Å². The molecule has 0 fully saturated rings. The van der Waals surface area contributed by atoms with Gasteiger partial charge in [0.2, 0.25) is 0 Å². The van der Waals surface area contributed by atoms with Crippen LogP contribution >= 0.6 is 0 Å². The Morgan fingerprint density at radius 3 is 2.54 bits per heavy atom. The number of hydrogen-bond acceptors (Lipinski definition) is 3. The van der Waals surface area contributed by atoms with Gasteiger partial charge in [-0.3, -0.25) is 9.89 Å². The molecule has 1 atom stereocenters. The van der Waals surface area contributed by atoms with Gasteiger partial charge in [0.1, 0.15) is 5.76 Å². The highest BCUT2D eigenvalue weighted by molar-refractivity contribution is 5.79. The minimum Gasteiger partial charge on any atom is -0.468 e. The maximum atomic E-state index is 5.54. The number of nitrogens with zero attached hydrogens (tertiary/aromatic N) is 2. The number of benzene rings is 1. The molecule has 1 aromatic carbocycles. The Bertz CT molecular complexity index is 593. The fourth-order valence-electron chi connectivity index (χ4n) is 2.48. The molecule has 1 aromatic heterocycles. The Morgan fingerprint density at radius 2 is 1.92 bits per heavy atom. The van der Waals surface area contributed by atoms with Crippen LogP contribution in [0.2, 0.25) is 0 Å². The Morgan fingerprint density at radius 1 is 1.12 bits per heavy atom. The molecule has 130 valence electrons. The van der Waals surface area contributed by atoms with E-state index in [1.54, 1.807) is 6.26 Å². The number of furan rings is 1. The molecule has 0 bridgehead atoms. The molecule has 2 rings (SSSR count). The first-order chi connectivity index (χ1) is 11.7. The number of hydrogen-bond donors (Lipinski definition) is 2. The van der Waals surface area contributed by atoms with E-state index in [4.69, 9.17) is 9.41 Å². The van der Waals surface area contributed by atoms with Crippen molar-refractivity contribution in [3.63, 3.8) is 0 Å². The second-order valence-corrected chi connectivity index (χ2v) is 5.88. The van der Waals surface area contributed by atoms with Gasteiger partial charge >= 0.3 is 0 Å². The lowest BCUT2D eigenvalue weighted by molar-refractivity contribution is 0.265. The Kier molecular flexibility index (Phi) is 7.36. The molecule has 2 N–H and O–H groups in total. The van der Waals surface area contributed by atoms with Gasteiger partial charge in [-0.1, -0.05) is 30.3 Å². The van der Waals surface area contributed by atoms with Crippen molar-refractivity contribution in [2.75, 3.05) is 33.7 Å². The zero-order valence-corrected chi connectivity index (χ0v) is 14.8. The number of rotatable bonds is 8. The third kappa shape index (κ3) is 5.74. The largest absolute Gasteiger partial charge is 0.468 e. The second kappa shape index (κ2) is 9.78. The van der Waals surface area contributed by atoms with Gasteiger partial charge in [0.05, 0.1) is 18.8 Å². The first kappa shape index (κ1) is 18.1. The molecule has 0 aliphatic rings. The van der Waals surface area contributed by atoms with Gasteiger partial charge < -0.3 is 15.1 Å². The van der Waals surface area contributed by atoms with Crippen LogP contribution in [0, 0.1) is 0 Å². The van der Waals surface area contributed by atoms with E-state index in [1.807, 2.05) is 32.3 Å². The maximum absolute atomic E-state index is 5.54. The molecule has 0 spiro atoms. The van der Waals surface area contributed by atoms with Crippen LogP contribution in [-0.2, 0) is 6.42 Å². The minimum absolute atomic E-state index is 0.129.